The zero-order valence-corrected chi connectivity index (χ0v) is 18.0. The van der Waals surface area contributed by atoms with Crippen LogP contribution < -0.4 is 16.4 Å². The average Bonchev–Trinajstić information content (AvgIpc) is 2.75. The van der Waals surface area contributed by atoms with Crippen LogP contribution in [0.15, 0.2) is 47.7 Å². The highest BCUT2D eigenvalue weighted by Gasteiger charge is 2.38. The van der Waals surface area contributed by atoms with Crippen LogP contribution >= 0.6 is 0 Å². The molecule has 1 fully saturated rings. The third-order valence-electron chi connectivity index (χ3n) is 5.62. The number of urea groups is 1. The van der Waals surface area contributed by atoms with Gasteiger partial charge in [0.15, 0.2) is 0 Å². The van der Waals surface area contributed by atoms with Crippen LogP contribution in [0.3, 0.4) is 0 Å². The number of morpholine rings is 1. The van der Waals surface area contributed by atoms with Crippen LogP contribution in [-0.4, -0.2) is 49.0 Å². The quantitative estimate of drug-likeness (QED) is 0.619. The second kappa shape index (κ2) is 9.65. The predicted molar refractivity (Wildman–Crippen MR) is 114 cm³/mol. The Morgan fingerprint density at radius 1 is 1.09 bits per heavy atom. The van der Waals surface area contributed by atoms with Crippen LogP contribution in [0.4, 0.5) is 23.7 Å². The van der Waals surface area contributed by atoms with Crippen molar-refractivity contribution in [2.24, 2.45) is 11.1 Å². The van der Waals surface area contributed by atoms with E-state index in [4.69, 9.17) is 10.5 Å². The average molecular weight is 466 g/mol. The van der Waals surface area contributed by atoms with Crippen molar-refractivity contribution in [1.29, 1.82) is 0 Å². The van der Waals surface area contributed by atoms with Crippen LogP contribution in [-0.2, 0) is 20.5 Å². The molecule has 1 unspecified atom stereocenters. The third kappa shape index (κ3) is 6.13. The number of halogens is 3. The molecule has 3 rings (SSSR count). The van der Waals surface area contributed by atoms with Gasteiger partial charge in [-0.2, -0.15) is 13.2 Å². The number of nitrogens with one attached hydrogen (secondary N) is 2. The second-order valence-electron chi connectivity index (χ2n) is 8.20. The predicted octanol–water partition coefficient (Wildman–Crippen LogP) is 2.78. The number of hydrogen-bond acceptors (Lipinski definition) is 4. The number of carbonyl (C=O) groups is 3. The van der Waals surface area contributed by atoms with Crippen molar-refractivity contribution in [3.63, 3.8) is 0 Å². The third-order valence-corrected chi connectivity index (χ3v) is 5.62. The van der Waals surface area contributed by atoms with Crippen LogP contribution in [0.2, 0.25) is 0 Å². The molecule has 33 heavy (non-hydrogen) atoms. The van der Waals surface area contributed by atoms with Crippen molar-refractivity contribution in [2.45, 2.75) is 25.9 Å². The standard InChI is InChI=1S/C22H25F3N4O4/c1-21(13-18(30)29-8-10-33-11-9-29)12-14(19(26)31)2-7-17(21)28-20(32)27-16-5-3-15(4-6-16)22(23,24)25/h2-7H,8-13H2,1H3,(H2,26,31)(H2,27,28,32). The number of carbonyl (C=O) groups excluding carboxylic acids is 3. The second-order valence-corrected chi connectivity index (χ2v) is 8.20. The summed E-state index contributed by atoms with van der Waals surface area (Å²) >= 11 is 0. The molecule has 4 amide bonds. The van der Waals surface area contributed by atoms with Crippen molar-refractivity contribution in [3.8, 4) is 0 Å². The topological polar surface area (TPSA) is 114 Å². The van der Waals surface area contributed by atoms with E-state index < -0.39 is 29.1 Å². The molecule has 178 valence electrons. The number of nitrogens with zero attached hydrogens (tertiary/aromatic N) is 1. The molecule has 0 bridgehead atoms. The van der Waals surface area contributed by atoms with Crippen molar-refractivity contribution >= 4 is 23.5 Å². The number of ether oxygens (including phenoxy) is 1. The Balaban J connectivity index is 1.73. The molecule has 1 heterocycles. The van der Waals surface area contributed by atoms with E-state index in [2.05, 4.69) is 10.6 Å². The van der Waals surface area contributed by atoms with E-state index in [0.29, 0.717) is 37.6 Å². The molecule has 8 nitrogen and oxygen atoms in total. The van der Waals surface area contributed by atoms with E-state index in [-0.39, 0.29) is 24.4 Å². The highest BCUT2D eigenvalue weighted by Crippen LogP contribution is 2.40. The van der Waals surface area contributed by atoms with Crippen LogP contribution in [0, 0.1) is 5.41 Å². The normalized spacial score (nSPS) is 21.0. The van der Waals surface area contributed by atoms with Gasteiger partial charge in [-0.3, -0.25) is 9.59 Å². The number of anilines is 1. The Kier molecular flexibility index (Phi) is 7.11. The van der Waals surface area contributed by atoms with Crippen LogP contribution in [0.25, 0.3) is 0 Å². The van der Waals surface area contributed by atoms with Crippen molar-refractivity contribution in [1.82, 2.24) is 10.2 Å². The number of benzene rings is 1. The first-order chi connectivity index (χ1) is 15.5. The number of nitrogens with two attached hydrogens (primary N) is 1. The minimum Gasteiger partial charge on any atom is -0.378 e. The summed E-state index contributed by atoms with van der Waals surface area (Å²) in [6, 6.07) is 3.32. The number of hydrogen-bond donors (Lipinski definition) is 3. The highest BCUT2D eigenvalue weighted by molar-refractivity contribution is 5.94. The molecule has 0 radical (unpaired) electrons. The van der Waals surface area contributed by atoms with E-state index >= 15 is 0 Å². The van der Waals surface area contributed by atoms with Gasteiger partial charge in [0.2, 0.25) is 11.8 Å². The van der Waals surface area contributed by atoms with Gasteiger partial charge < -0.3 is 26.0 Å². The van der Waals surface area contributed by atoms with Gasteiger partial charge in [0.25, 0.3) is 0 Å². The summed E-state index contributed by atoms with van der Waals surface area (Å²) < 4.78 is 43.4. The number of rotatable bonds is 5. The van der Waals surface area contributed by atoms with Crippen molar-refractivity contribution in [3.05, 3.63) is 53.3 Å². The summed E-state index contributed by atoms with van der Waals surface area (Å²) in [5, 5.41) is 5.14. The minimum absolute atomic E-state index is 0.0179. The Morgan fingerprint density at radius 3 is 2.30 bits per heavy atom. The zero-order chi connectivity index (χ0) is 24.2. The number of amides is 4. The molecule has 1 aromatic rings. The first kappa shape index (κ1) is 24.3. The molecular weight excluding hydrogens is 441 g/mol. The van der Waals surface area contributed by atoms with Gasteiger partial charge in [0.1, 0.15) is 0 Å². The molecule has 0 spiro atoms. The molecule has 1 atom stereocenters. The zero-order valence-electron chi connectivity index (χ0n) is 18.0. The van der Waals surface area contributed by atoms with Crippen LogP contribution in [0.5, 0.6) is 0 Å². The first-order valence-electron chi connectivity index (χ1n) is 10.3. The lowest BCUT2D eigenvalue weighted by Gasteiger charge is -2.37. The van der Waals surface area contributed by atoms with Gasteiger partial charge in [-0.05, 0) is 36.8 Å². The van der Waals surface area contributed by atoms with Gasteiger partial charge in [0.05, 0.1) is 18.8 Å². The summed E-state index contributed by atoms with van der Waals surface area (Å²) in [7, 11) is 0. The monoisotopic (exact) mass is 466 g/mol. The Labute approximate surface area is 188 Å². The van der Waals surface area contributed by atoms with Gasteiger partial charge in [-0.1, -0.05) is 13.0 Å². The maximum atomic E-state index is 12.9. The summed E-state index contributed by atoms with van der Waals surface area (Å²) in [5.41, 5.74) is 4.54. The number of allylic oxidation sites excluding steroid dienone is 3. The molecule has 0 saturated carbocycles. The molecule has 11 heteroatoms. The van der Waals surface area contributed by atoms with Gasteiger partial charge in [-0.15, -0.1) is 0 Å². The SMILES string of the molecule is CC1(CC(=O)N2CCOCC2)CC(C(N)=O)=CC=C1NC(=O)Nc1ccc(C(F)(F)F)cc1. The Bertz CT molecular complexity index is 982. The van der Waals surface area contributed by atoms with Gasteiger partial charge >= 0.3 is 12.2 Å². The lowest BCUT2D eigenvalue weighted by Crippen LogP contribution is -2.45. The summed E-state index contributed by atoms with van der Waals surface area (Å²) in [4.78, 5) is 38.8. The molecule has 1 saturated heterocycles. The molecule has 1 aromatic carbocycles. The Morgan fingerprint density at radius 2 is 1.73 bits per heavy atom. The molecule has 1 aliphatic carbocycles. The molecule has 0 aromatic heterocycles. The molecule has 1 aliphatic heterocycles. The van der Waals surface area contributed by atoms with E-state index in [1.165, 1.54) is 12.2 Å². The summed E-state index contributed by atoms with van der Waals surface area (Å²) in [6.45, 7) is 3.52. The maximum Gasteiger partial charge on any atom is 0.416 e. The summed E-state index contributed by atoms with van der Waals surface area (Å²) in [6.07, 6.45) is -1.32. The first-order valence-corrected chi connectivity index (χ1v) is 10.3. The smallest absolute Gasteiger partial charge is 0.378 e. The highest BCUT2D eigenvalue weighted by atomic mass is 19.4. The van der Waals surface area contributed by atoms with Gasteiger partial charge in [-0.25, -0.2) is 4.79 Å². The molecule has 4 N–H and O–H groups in total. The van der Waals surface area contributed by atoms with E-state index in [1.807, 2.05) is 0 Å². The Hall–Kier alpha value is -3.34. The van der Waals surface area contributed by atoms with E-state index in [1.54, 1.807) is 11.8 Å². The fourth-order valence-electron chi connectivity index (χ4n) is 3.76. The molecule has 2 aliphatic rings. The maximum absolute atomic E-state index is 12.9. The van der Waals surface area contributed by atoms with Crippen molar-refractivity contribution < 1.29 is 32.3 Å². The fraction of sp³-hybridized carbons (Fsp3) is 0.409. The van der Waals surface area contributed by atoms with Crippen LogP contribution in [0.1, 0.15) is 25.3 Å². The number of primary amides is 1. The fourth-order valence-corrected chi connectivity index (χ4v) is 3.76. The minimum atomic E-state index is -4.48. The van der Waals surface area contributed by atoms with E-state index in [0.717, 1.165) is 24.3 Å². The summed E-state index contributed by atoms with van der Waals surface area (Å²) in [5.74, 6) is -0.771. The lowest BCUT2D eigenvalue weighted by molar-refractivity contribution is -0.138. The largest absolute Gasteiger partial charge is 0.416 e. The van der Waals surface area contributed by atoms with Crippen molar-refractivity contribution in [2.75, 3.05) is 31.6 Å². The molecular formula is C22H25F3N4O4. The lowest BCUT2D eigenvalue weighted by atomic mass is 9.74. The number of alkyl halides is 3. The van der Waals surface area contributed by atoms with Gasteiger partial charge in [0, 0.05) is 41.9 Å². The van der Waals surface area contributed by atoms with E-state index in [9.17, 15) is 27.6 Å².